The van der Waals surface area contributed by atoms with E-state index in [9.17, 15) is 9.90 Å². The van der Waals surface area contributed by atoms with Crippen molar-refractivity contribution < 1.29 is 14.6 Å². The maximum atomic E-state index is 11.3. The molecule has 0 aliphatic rings. The summed E-state index contributed by atoms with van der Waals surface area (Å²) in [6.45, 7) is 6.67. The third-order valence-corrected chi connectivity index (χ3v) is 3.33. The number of fused-ring (bicyclic) bond motifs is 1. The number of nitrogens with zero attached hydrogens (tertiary/aromatic N) is 2. The number of carbonyl (C=O) groups is 1. The zero-order valence-electron chi connectivity index (χ0n) is 12.4. The van der Waals surface area contributed by atoms with Gasteiger partial charge < -0.3 is 14.7 Å². The van der Waals surface area contributed by atoms with Crippen LogP contribution in [0, 0.1) is 0 Å². The molecule has 0 saturated carbocycles. The van der Waals surface area contributed by atoms with Crippen molar-refractivity contribution in [1.82, 2.24) is 4.98 Å². The van der Waals surface area contributed by atoms with E-state index in [1.165, 1.54) is 0 Å². The number of carboxylic acids is 1. The quantitative estimate of drug-likeness (QED) is 0.794. The molecule has 0 spiro atoms. The summed E-state index contributed by atoms with van der Waals surface area (Å²) in [5.41, 5.74) is 0.0681. The van der Waals surface area contributed by atoms with Crippen LogP contribution in [0.2, 0.25) is 0 Å². The van der Waals surface area contributed by atoms with Gasteiger partial charge in [-0.05, 0) is 25.3 Å². The van der Waals surface area contributed by atoms with Crippen LogP contribution in [0.15, 0.2) is 30.3 Å². The predicted molar refractivity (Wildman–Crippen MR) is 83.1 cm³/mol. The fourth-order valence-corrected chi connectivity index (χ4v) is 2.26. The lowest BCUT2D eigenvalue weighted by molar-refractivity contribution is 0.0691. The molecule has 5 nitrogen and oxygen atoms in total. The Morgan fingerprint density at radius 3 is 2.76 bits per heavy atom. The fraction of sp³-hybridized carbons (Fsp3) is 0.375. The molecule has 1 N–H and O–H groups in total. The monoisotopic (exact) mass is 288 g/mol. The van der Waals surface area contributed by atoms with Gasteiger partial charge in [-0.2, -0.15) is 0 Å². The Labute approximate surface area is 124 Å². The lowest BCUT2D eigenvalue weighted by Crippen LogP contribution is -2.28. The number of pyridine rings is 1. The Balaban J connectivity index is 2.45. The maximum Gasteiger partial charge on any atom is 0.354 e. The SMILES string of the molecule is CCOCCN(CC)c1nc(C(=O)O)cc2ccccc12. The van der Waals surface area contributed by atoms with E-state index in [-0.39, 0.29) is 5.69 Å². The molecular weight excluding hydrogens is 268 g/mol. The van der Waals surface area contributed by atoms with Crippen molar-refractivity contribution in [3.63, 3.8) is 0 Å². The van der Waals surface area contributed by atoms with Gasteiger partial charge in [-0.25, -0.2) is 9.78 Å². The van der Waals surface area contributed by atoms with Gasteiger partial charge in [0.05, 0.1) is 6.61 Å². The van der Waals surface area contributed by atoms with E-state index < -0.39 is 5.97 Å². The molecule has 0 atom stereocenters. The highest BCUT2D eigenvalue weighted by atomic mass is 16.5. The van der Waals surface area contributed by atoms with Crippen molar-refractivity contribution in [3.8, 4) is 0 Å². The molecule has 2 aromatic rings. The summed E-state index contributed by atoms with van der Waals surface area (Å²) in [6, 6.07) is 9.31. The van der Waals surface area contributed by atoms with Crippen LogP contribution in [0.25, 0.3) is 10.8 Å². The number of carboxylic acid groups (broad SMARTS) is 1. The molecule has 112 valence electrons. The lowest BCUT2D eigenvalue weighted by Gasteiger charge is -2.23. The average molecular weight is 288 g/mol. The molecule has 21 heavy (non-hydrogen) atoms. The number of hydrogen-bond acceptors (Lipinski definition) is 4. The Morgan fingerprint density at radius 2 is 2.10 bits per heavy atom. The molecule has 0 unspecified atom stereocenters. The molecule has 1 aromatic heterocycles. The molecule has 0 saturated heterocycles. The van der Waals surface area contributed by atoms with Crippen molar-refractivity contribution in [2.24, 2.45) is 0 Å². The molecule has 0 bridgehead atoms. The van der Waals surface area contributed by atoms with Crippen LogP contribution in [0.3, 0.4) is 0 Å². The minimum absolute atomic E-state index is 0.0681. The topological polar surface area (TPSA) is 62.7 Å². The second-order valence-corrected chi connectivity index (χ2v) is 4.63. The summed E-state index contributed by atoms with van der Waals surface area (Å²) in [6.07, 6.45) is 0. The predicted octanol–water partition coefficient (Wildman–Crippen LogP) is 2.80. The summed E-state index contributed by atoms with van der Waals surface area (Å²) in [4.78, 5) is 17.6. The van der Waals surface area contributed by atoms with E-state index in [4.69, 9.17) is 4.74 Å². The Bertz CT molecular complexity index is 628. The summed E-state index contributed by atoms with van der Waals surface area (Å²) in [5.74, 6) is -0.310. The Hall–Kier alpha value is -2.14. The molecule has 1 heterocycles. The van der Waals surface area contributed by atoms with E-state index in [1.807, 2.05) is 43.0 Å². The average Bonchev–Trinajstić information content (AvgIpc) is 2.50. The number of hydrogen-bond donors (Lipinski definition) is 1. The van der Waals surface area contributed by atoms with Crippen LogP contribution < -0.4 is 4.90 Å². The van der Waals surface area contributed by atoms with Crippen LogP contribution in [0.4, 0.5) is 5.82 Å². The van der Waals surface area contributed by atoms with Gasteiger partial charge in [0.15, 0.2) is 5.69 Å². The van der Waals surface area contributed by atoms with E-state index in [2.05, 4.69) is 4.98 Å². The number of anilines is 1. The van der Waals surface area contributed by atoms with Crippen LogP contribution >= 0.6 is 0 Å². The zero-order chi connectivity index (χ0) is 15.2. The minimum atomic E-state index is -1.01. The van der Waals surface area contributed by atoms with Gasteiger partial charge in [-0.3, -0.25) is 0 Å². The van der Waals surface area contributed by atoms with E-state index in [0.29, 0.717) is 25.6 Å². The first-order valence-electron chi connectivity index (χ1n) is 7.13. The number of ether oxygens (including phenoxy) is 1. The second kappa shape index (κ2) is 7.04. The maximum absolute atomic E-state index is 11.3. The third kappa shape index (κ3) is 3.49. The van der Waals surface area contributed by atoms with Crippen LogP contribution in [0.5, 0.6) is 0 Å². The third-order valence-electron chi connectivity index (χ3n) is 3.33. The summed E-state index contributed by atoms with van der Waals surface area (Å²) in [5, 5.41) is 11.1. The zero-order valence-corrected chi connectivity index (χ0v) is 12.4. The Kier molecular flexibility index (Phi) is 5.11. The number of rotatable bonds is 7. The smallest absolute Gasteiger partial charge is 0.354 e. The highest BCUT2D eigenvalue weighted by Gasteiger charge is 2.15. The molecule has 1 aromatic carbocycles. The molecule has 5 heteroatoms. The lowest BCUT2D eigenvalue weighted by atomic mass is 10.1. The van der Waals surface area contributed by atoms with Crippen LogP contribution in [-0.4, -0.2) is 42.4 Å². The largest absolute Gasteiger partial charge is 0.477 e. The van der Waals surface area contributed by atoms with Gasteiger partial charge in [0, 0.05) is 25.1 Å². The first-order chi connectivity index (χ1) is 10.2. The molecule has 0 radical (unpaired) electrons. The van der Waals surface area contributed by atoms with Crippen molar-refractivity contribution in [1.29, 1.82) is 0 Å². The summed E-state index contributed by atoms with van der Waals surface area (Å²) in [7, 11) is 0. The van der Waals surface area contributed by atoms with Crippen LogP contribution in [0.1, 0.15) is 24.3 Å². The standard InChI is InChI=1S/C16H20N2O3/c1-3-18(9-10-21-4-2)15-13-8-6-5-7-12(13)11-14(17-15)16(19)20/h5-8,11H,3-4,9-10H2,1-2H3,(H,19,20). The van der Waals surface area contributed by atoms with Crippen molar-refractivity contribution in [2.75, 3.05) is 31.2 Å². The van der Waals surface area contributed by atoms with Crippen molar-refractivity contribution in [2.45, 2.75) is 13.8 Å². The van der Waals surface area contributed by atoms with E-state index in [1.54, 1.807) is 6.07 Å². The van der Waals surface area contributed by atoms with Crippen molar-refractivity contribution >= 4 is 22.6 Å². The van der Waals surface area contributed by atoms with Crippen LogP contribution in [-0.2, 0) is 4.74 Å². The van der Waals surface area contributed by atoms with Gasteiger partial charge in [-0.15, -0.1) is 0 Å². The van der Waals surface area contributed by atoms with Gasteiger partial charge >= 0.3 is 5.97 Å². The molecule has 0 aliphatic carbocycles. The van der Waals surface area contributed by atoms with Crippen molar-refractivity contribution in [3.05, 3.63) is 36.0 Å². The van der Waals surface area contributed by atoms with E-state index in [0.717, 1.165) is 17.3 Å². The highest BCUT2D eigenvalue weighted by Crippen LogP contribution is 2.25. The van der Waals surface area contributed by atoms with Gasteiger partial charge in [0.2, 0.25) is 0 Å². The molecular formula is C16H20N2O3. The number of aromatic carboxylic acids is 1. The highest BCUT2D eigenvalue weighted by molar-refractivity contribution is 5.98. The Morgan fingerprint density at radius 1 is 1.33 bits per heavy atom. The first kappa shape index (κ1) is 15.3. The molecule has 0 aliphatic heterocycles. The van der Waals surface area contributed by atoms with Gasteiger partial charge in [0.25, 0.3) is 0 Å². The summed E-state index contributed by atoms with van der Waals surface area (Å²) < 4.78 is 5.39. The fourth-order valence-electron chi connectivity index (χ4n) is 2.26. The van der Waals surface area contributed by atoms with Gasteiger partial charge in [0.1, 0.15) is 5.82 Å². The minimum Gasteiger partial charge on any atom is -0.477 e. The first-order valence-corrected chi connectivity index (χ1v) is 7.13. The van der Waals surface area contributed by atoms with Gasteiger partial charge in [-0.1, -0.05) is 24.3 Å². The summed E-state index contributed by atoms with van der Waals surface area (Å²) >= 11 is 0. The number of likely N-dealkylation sites (N-methyl/N-ethyl adjacent to an activating group) is 1. The number of aromatic nitrogens is 1. The molecule has 0 amide bonds. The van der Waals surface area contributed by atoms with E-state index >= 15 is 0 Å². The molecule has 2 rings (SSSR count). The second-order valence-electron chi connectivity index (χ2n) is 4.63. The molecule has 0 fully saturated rings. The normalized spacial score (nSPS) is 10.8. The number of benzene rings is 1.